The number of nitrogens with one attached hydrogen (secondary N) is 1. The molecule has 3 aromatic rings. The smallest absolute Gasteiger partial charge is 0.253 e. The first-order valence-electron chi connectivity index (χ1n) is 9.72. The number of fused-ring (bicyclic) bond motifs is 1. The van der Waals surface area contributed by atoms with Gasteiger partial charge in [0.2, 0.25) is 0 Å². The molecule has 0 saturated carbocycles. The quantitative estimate of drug-likeness (QED) is 0.682. The van der Waals surface area contributed by atoms with E-state index in [4.69, 9.17) is 11.6 Å². The molecule has 6 heteroatoms. The molecule has 1 aromatic heterocycles. The molecule has 1 aliphatic rings. The van der Waals surface area contributed by atoms with Crippen LogP contribution in [0.3, 0.4) is 0 Å². The number of pyridine rings is 1. The Kier molecular flexibility index (Phi) is 5.64. The molecule has 1 fully saturated rings. The van der Waals surface area contributed by atoms with Crippen molar-refractivity contribution in [1.29, 1.82) is 5.26 Å². The number of piperidine rings is 1. The van der Waals surface area contributed by atoms with Crippen molar-refractivity contribution in [3.63, 3.8) is 0 Å². The van der Waals surface area contributed by atoms with E-state index >= 15 is 0 Å². The number of amides is 1. The van der Waals surface area contributed by atoms with Gasteiger partial charge in [-0.3, -0.25) is 4.79 Å². The maximum absolute atomic E-state index is 12.6. The lowest BCUT2D eigenvalue weighted by atomic mass is 9.96. The highest BCUT2D eigenvalue weighted by Gasteiger charge is 2.23. The Labute approximate surface area is 174 Å². The van der Waals surface area contributed by atoms with Gasteiger partial charge in [-0.25, -0.2) is 4.98 Å². The van der Waals surface area contributed by atoms with Crippen LogP contribution in [0.2, 0.25) is 5.02 Å². The fourth-order valence-electron chi connectivity index (χ4n) is 3.73. The largest absolute Gasteiger partial charge is 0.370 e. The van der Waals surface area contributed by atoms with Crippen molar-refractivity contribution in [3.05, 3.63) is 70.7 Å². The summed E-state index contributed by atoms with van der Waals surface area (Å²) in [5.74, 6) is 1.26. The van der Waals surface area contributed by atoms with Crippen molar-refractivity contribution in [2.24, 2.45) is 5.92 Å². The van der Waals surface area contributed by atoms with Gasteiger partial charge in [0.1, 0.15) is 5.82 Å². The fourth-order valence-corrected chi connectivity index (χ4v) is 3.91. The van der Waals surface area contributed by atoms with Gasteiger partial charge in [-0.2, -0.15) is 5.26 Å². The summed E-state index contributed by atoms with van der Waals surface area (Å²) in [5.41, 5.74) is 2.05. The Bertz CT molecular complexity index is 1070. The molecule has 1 N–H and O–H groups in total. The summed E-state index contributed by atoms with van der Waals surface area (Å²) in [4.78, 5) is 19.1. The summed E-state index contributed by atoms with van der Waals surface area (Å²) in [6.45, 7) is 2.28. The third-order valence-electron chi connectivity index (χ3n) is 5.39. The molecule has 4 rings (SSSR count). The van der Waals surface area contributed by atoms with Crippen LogP contribution >= 0.6 is 11.6 Å². The minimum Gasteiger partial charge on any atom is -0.370 e. The van der Waals surface area contributed by atoms with E-state index in [0.29, 0.717) is 22.3 Å². The molecule has 5 nitrogen and oxygen atoms in total. The average Bonchev–Trinajstić information content (AvgIpc) is 2.77. The van der Waals surface area contributed by atoms with E-state index in [1.54, 1.807) is 18.2 Å². The Morgan fingerprint density at radius 1 is 1.17 bits per heavy atom. The van der Waals surface area contributed by atoms with Crippen LogP contribution in [0.1, 0.15) is 28.8 Å². The summed E-state index contributed by atoms with van der Waals surface area (Å²) in [6.07, 6.45) is 1.89. The fraction of sp³-hybridized carbons (Fsp3) is 0.261. The number of nitrogens with zero attached hydrogens (tertiary/aromatic N) is 3. The predicted molar refractivity (Wildman–Crippen MR) is 115 cm³/mol. The molecule has 0 radical (unpaired) electrons. The number of benzene rings is 2. The topological polar surface area (TPSA) is 69.0 Å². The normalized spacial score (nSPS) is 14.6. The van der Waals surface area contributed by atoms with Gasteiger partial charge < -0.3 is 10.2 Å². The van der Waals surface area contributed by atoms with Gasteiger partial charge >= 0.3 is 0 Å². The predicted octanol–water partition coefficient (Wildman–Crippen LogP) is 4.72. The number of hydrogen-bond acceptors (Lipinski definition) is 4. The van der Waals surface area contributed by atoms with Crippen molar-refractivity contribution < 1.29 is 4.79 Å². The molecule has 2 heterocycles. The second kappa shape index (κ2) is 8.50. The number of hydrogen-bond donors (Lipinski definition) is 1. The van der Waals surface area contributed by atoms with Crippen molar-refractivity contribution in [3.8, 4) is 6.07 Å². The van der Waals surface area contributed by atoms with E-state index in [0.717, 1.165) is 48.9 Å². The number of halogens is 1. The number of carbonyl (C=O) groups is 1. The lowest BCUT2D eigenvalue weighted by Crippen LogP contribution is -2.39. The number of likely N-dealkylation sites (tertiary alicyclic amines) is 1. The Balaban J connectivity index is 1.37. The second-order valence-corrected chi connectivity index (χ2v) is 7.75. The highest BCUT2D eigenvalue weighted by Crippen LogP contribution is 2.25. The zero-order valence-electron chi connectivity index (χ0n) is 15.9. The van der Waals surface area contributed by atoms with Gasteiger partial charge in [0.15, 0.2) is 0 Å². The van der Waals surface area contributed by atoms with Crippen LogP contribution in [0.25, 0.3) is 10.9 Å². The van der Waals surface area contributed by atoms with Gasteiger partial charge in [0, 0.05) is 35.6 Å². The SMILES string of the molecule is N#Cc1cc(NCC2CCN(C(=O)c3ccccc3)CC2)nc2ccc(Cl)cc12. The van der Waals surface area contributed by atoms with Crippen molar-refractivity contribution >= 4 is 34.2 Å². The van der Waals surface area contributed by atoms with Crippen molar-refractivity contribution in [2.45, 2.75) is 12.8 Å². The first kappa shape index (κ1) is 19.2. The Hall–Kier alpha value is -3.10. The maximum Gasteiger partial charge on any atom is 0.253 e. The molecular weight excluding hydrogens is 384 g/mol. The van der Waals surface area contributed by atoms with E-state index in [-0.39, 0.29) is 5.91 Å². The van der Waals surface area contributed by atoms with E-state index in [1.807, 2.05) is 41.3 Å². The molecule has 0 aliphatic carbocycles. The zero-order valence-corrected chi connectivity index (χ0v) is 16.7. The van der Waals surface area contributed by atoms with Crippen LogP contribution in [0.5, 0.6) is 0 Å². The third kappa shape index (κ3) is 4.33. The summed E-state index contributed by atoms with van der Waals surface area (Å²) in [7, 11) is 0. The molecule has 29 heavy (non-hydrogen) atoms. The number of rotatable bonds is 4. The molecular formula is C23H21ClN4O. The molecule has 146 valence electrons. The average molecular weight is 405 g/mol. The first-order chi connectivity index (χ1) is 14.1. The number of nitriles is 1. The molecule has 0 unspecified atom stereocenters. The minimum atomic E-state index is 0.102. The zero-order chi connectivity index (χ0) is 20.2. The molecule has 1 aliphatic heterocycles. The Morgan fingerprint density at radius 2 is 1.93 bits per heavy atom. The lowest BCUT2D eigenvalue weighted by molar-refractivity contribution is 0.0695. The molecule has 0 spiro atoms. The molecule has 1 saturated heterocycles. The van der Waals surface area contributed by atoms with Gasteiger partial charge in [0.25, 0.3) is 5.91 Å². The summed E-state index contributed by atoms with van der Waals surface area (Å²) in [6, 6.07) is 18.8. The molecule has 2 aromatic carbocycles. The molecule has 1 amide bonds. The van der Waals surface area contributed by atoms with Gasteiger partial charge in [0.05, 0.1) is 17.1 Å². The standard InChI is InChI=1S/C23H21ClN4O/c24-19-6-7-21-20(13-19)18(14-25)12-22(27-21)26-15-16-8-10-28(11-9-16)23(29)17-4-2-1-3-5-17/h1-7,12-13,16H,8-11,15H2,(H,26,27). The summed E-state index contributed by atoms with van der Waals surface area (Å²) < 4.78 is 0. The van der Waals surface area contributed by atoms with Gasteiger partial charge in [-0.05, 0) is 55.2 Å². The van der Waals surface area contributed by atoms with Crippen LogP contribution in [-0.4, -0.2) is 35.4 Å². The van der Waals surface area contributed by atoms with Gasteiger partial charge in [-0.15, -0.1) is 0 Å². The Morgan fingerprint density at radius 3 is 2.66 bits per heavy atom. The van der Waals surface area contributed by atoms with E-state index in [9.17, 15) is 10.1 Å². The highest BCUT2D eigenvalue weighted by molar-refractivity contribution is 6.31. The van der Waals surface area contributed by atoms with Crippen molar-refractivity contribution in [2.75, 3.05) is 25.0 Å². The maximum atomic E-state index is 12.6. The summed E-state index contributed by atoms with van der Waals surface area (Å²) in [5, 5.41) is 14.2. The lowest BCUT2D eigenvalue weighted by Gasteiger charge is -2.32. The number of carbonyl (C=O) groups excluding carboxylic acids is 1. The molecule has 0 atom stereocenters. The van der Waals surface area contributed by atoms with Crippen LogP contribution in [0.4, 0.5) is 5.82 Å². The third-order valence-corrected chi connectivity index (χ3v) is 5.62. The first-order valence-corrected chi connectivity index (χ1v) is 10.1. The monoisotopic (exact) mass is 404 g/mol. The minimum absolute atomic E-state index is 0.102. The van der Waals surface area contributed by atoms with E-state index in [2.05, 4.69) is 16.4 Å². The second-order valence-electron chi connectivity index (χ2n) is 7.31. The van der Waals surface area contributed by atoms with Crippen LogP contribution in [0, 0.1) is 17.2 Å². The van der Waals surface area contributed by atoms with Crippen LogP contribution < -0.4 is 5.32 Å². The van der Waals surface area contributed by atoms with E-state index in [1.165, 1.54) is 0 Å². The molecule has 0 bridgehead atoms. The van der Waals surface area contributed by atoms with Crippen LogP contribution in [0.15, 0.2) is 54.6 Å². The number of aromatic nitrogens is 1. The van der Waals surface area contributed by atoms with Gasteiger partial charge in [-0.1, -0.05) is 29.8 Å². The summed E-state index contributed by atoms with van der Waals surface area (Å²) >= 11 is 6.04. The van der Waals surface area contributed by atoms with E-state index < -0.39 is 0 Å². The van der Waals surface area contributed by atoms with Crippen LogP contribution in [-0.2, 0) is 0 Å². The number of anilines is 1. The van der Waals surface area contributed by atoms with Crippen molar-refractivity contribution in [1.82, 2.24) is 9.88 Å². The highest BCUT2D eigenvalue weighted by atomic mass is 35.5.